The smallest absolute Gasteiger partial charge is 0.122 e. The molecule has 2 aromatic carbocycles. The zero-order valence-corrected chi connectivity index (χ0v) is 17.5. The molecular weight excluding hydrogens is 358 g/mol. The Morgan fingerprint density at radius 1 is 0.966 bits per heavy atom. The number of aryl methyl sites for hydroxylation is 1. The van der Waals surface area contributed by atoms with Crippen LogP contribution in [0, 0.1) is 6.92 Å². The first-order chi connectivity index (χ1) is 14.0. The highest BCUT2D eigenvalue weighted by molar-refractivity contribution is 5.82. The number of rotatable bonds is 6. The second-order valence-corrected chi connectivity index (χ2v) is 8.62. The van der Waals surface area contributed by atoms with Crippen molar-refractivity contribution in [1.29, 1.82) is 0 Å². The molecule has 0 saturated heterocycles. The van der Waals surface area contributed by atoms with Crippen molar-refractivity contribution in [3.8, 4) is 11.5 Å². The number of phenols is 1. The molecule has 1 unspecified atom stereocenters. The van der Waals surface area contributed by atoms with Gasteiger partial charge in [-0.15, -0.1) is 0 Å². The van der Waals surface area contributed by atoms with Gasteiger partial charge in [0.25, 0.3) is 0 Å². The van der Waals surface area contributed by atoms with Gasteiger partial charge in [0.1, 0.15) is 11.5 Å². The number of hydrogen-bond acceptors (Lipinski definition) is 3. The van der Waals surface area contributed by atoms with Crippen molar-refractivity contribution < 1.29 is 9.84 Å². The van der Waals surface area contributed by atoms with Gasteiger partial charge in [-0.1, -0.05) is 55.7 Å². The third kappa shape index (κ3) is 3.71. The predicted molar refractivity (Wildman–Crippen MR) is 119 cm³/mol. The number of hydrogen-bond donors (Lipinski definition) is 1. The maximum atomic E-state index is 9.84. The normalized spacial score (nSPS) is 23.0. The lowest BCUT2D eigenvalue weighted by atomic mass is 9.57. The summed E-state index contributed by atoms with van der Waals surface area (Å²) in [5, 5.41) is 9.84. The van der Waals surface area contributed by atoms with Gasteiger partial charge in [0.05, 0.1) is 12.1 Å². The molecule has 2 aromatic rings. The summed E-state index contributed by atoms with van der Waals surface area (Å²) >= 11 is 0. The van der Waals surface area contributed by atoms with Crippen molar-refractivity contribution in [3.63, 3.8) is 0 Å². The average molecular weight is 390 g/mol. The Hall–Kier alpha value is -2.55. The number of phenolic OH excluding ortho intramolecular Hbond substituents is 1. The lowest BCUT2D eigenvalue weighted by Crippen LogP contribution is -2.50. The zero-order valence-electron chi connectivity index (χ0n) is 17.5. The molecule has 1 N–H and O–H groups in total. The van der Waals surface area contributed by atoms with E-state index in [1.54, 1.807) is 0 Å². The molecule has 0 radical (unpaired) electrons. The zero-order chi connectivity index (χ0) is 20.3. The molecule has 0 spiro atoms. The Labute approximate surface area is 174 Å². The van der Waals surface area contributed by atoms with Crippen LogP contribution in [-0.2, 0) is 5.41 Å². The number of ether oxygens (including phenoxy) is 1. The van der Waals surface area contributed by atoms with Crippen LogP contribution in [0.2, 0.25) is 0 Å². The SMILES string of the molecule is CC1=CC(CCOc2ccccc2C)(C2(c3ccc(O)cc3)CCCCC2)N=C1. The van der Waals surface area contributed by atoms with Gasteiger partial charge in [0.15, 0.2) is 0 Å². The average Bonchev–Trinajstić information content (AvgIpc) is 3.13. The molecule has 3 heteroatoms. The van der Waals surface area contributed by atoms with E-state index < -0.39 is 0 Å². The summed E-state index contributed by atoms with van der Waals surface area (Å²) in [5.41, 5.74) is 3.33. The Morgan fingerprint density at radius 2 is 1.69 bits per heavy atom. The van der Waals surface area contributed by atoms with Gasteiger partial charge in [0.2, 0.25) is 0 Å². The highest BCUT2D eigenvalue weighted by atomic mass is 16.5. The van der Waals surface area contributed by atoms with Crippen LogP contribution >= 0.6 is 0 Å². The number of para-hydroxylation sites is 1. The molecule has 1 aliphatic carbocycles. The summed E-state index contributed by atoms with van der Waals surface area (Å²) in [4.78, 5) is 5.14. The van der Waals surface area contributed by atoms with Crippen molar-refractivity contribution in [2.45, 2.75) is 63.3 Å². The van der Waals surface area contributed by atoms with Crippen LogP contribution in [0.3, 0.4) is 0 Å². The fourth-order valence-corrected chi connectivity index (χ4v) is 5.25. The third-order valence-corrected chi connectivity index (χ3v) is 6.76. The summed E-state index contributed by atoms with van der Waals surface area (Å²) in [5.74, 6) is 1.27. The third-order valence-electron chi connectivity index (χ3n) is 6.76. The molecule has 3 nitrogen and oxygen atoms in total. The van der Waals surface area contributed by atoms with Gasteiger partial charge in [-0.2, -0.15) is 0 Å². The molecule has 1 heterocycles. The van der Waals surface area contributed by atoms with E-state index in [2.05, 4.69) is 38.1 Å². The minimum atomic E-state index is -0.294. The highest BCUT2D eigenvalue weighted by Crippen LogP contribution is 2.53. The first kappa shape index (κ1) is 19.8. The van der Waals surface area contributed by atoms with Crippen LogP contribution in [0.4, 0.5) is 0 Å². The fourth-order valence-electron chi connectivity index (χ4n) is 5.25. The summed E-state index contributed by atoms with van der Waals surface area (Å²) in [6, 6.07) is 16.0. The Kier molecular flexibility index (Phi) is 5.49. The molecular formula is C26H31NO2. The molecule has 0 aromatic heterocycles. The monoisotopic (exact) mass is 389 g/mol. The van der Waals surface area contributed by atoms with Gasteiger partial charge >= 0.3 is 0 Å². The van der Waals surface area contributed by atoms with Crippen LogP contribution in [0.15, 0.2) is 65.2 Å². The van der Waals surface area contributed by atoms with E-state index in [1.807, 2.05) is 36.5 Å². The second kappa shape index (κ2) is 8.06. The predicted octanol–water partition coefficient (Wildman–Crippen LogP) is 6.14. The van der Waals surface area contributed by atoms with Crippen molar-refractivity contribution in [1.82, 2.24) is 0 Å². The van der Waals surface area contributed by atoms with Crippen LogP contribution in [0.5, 0.6) is 11.5 Å². The lowest BCUT2D eigenvalue weighted by molar-refractivity contribution is 0.160. The largest absolute Gasteiger partial charge is 0.508 e. The number of allylic oxidation sites excluding steroid dienone is 1. The van der Waals surface area contributed by atoms with Gasteiger partial charge in [-0.3, -0.25) is 4.99 Å². The van der Waals surface area contributed by atoms with Crippen LogP contribution in [0.25, 0.3) is 0 Å². The first-order valence-corrected chi connectivity index (χ1v) is 10.8. The van der Waals surface area contributed by atoms with Crippen LogP contribution < -0.4 is 4.74 Å². The number of nitrogens with zero attached hydrogens (tertiary/aromatic N) is 1. The van der Waals surface area contributed by atoms with Crippen LogP contribution in [0.1, 0.15) is 56.6 Å². The van der Waals surface area contributed by atoms with E-state index in [1.165, 1.54) is 30.4 Å². The molecule has 152 valence electrons. The first-order valence-electron chi connectivity index (χ1n) is 10.8. The lowest BCUT2D eigenvalue weighted by Gasteiger charge is -2.49. The van der Waals surface area contributed by atoms with E-state index in [0.29, 0.717) is 12.4 Å². The number of aliphatic imine (C=N–C) groups is 1. The quantitative estimate of drug-likeness (QED) is 0.644. The minimum absolute atomic E-state index is 0.0533. The number of benzene rings is 2. The maximum absolute atomic E-state index is 9.84. The molecule has 29 heavy (non-hydrogen) atoms. The van der Waals surface area contributed by atoms with E-state index in [4.69, 9.17) is 9.73 Å². The van der Waals surface area contributed by atoms with Gasteiger partial charge in [-0.25, -0.2) is 0 Å². The molecule has 2 aliphatic rings. The Morgan fingerprint density at radius 3 is 2.34 bits per heavy atom. The number of aromatic hydroxyl groups is 1. The molecule has 1 aliphatic heterocycles. The molecule has 1 fully saturated rings. The van der Waals surface area contributed by atoms with Crippen molar-refractivity contribution >= 4 is 6.21 Å². The van der Waals surface area contributed by atoms with Gasteiger partial charge in [-0.05, 0) is 61.6 Å². The summed E-state index contributed by atoms with van der Waals surface area (Å²) in [6.45, 7) is 4.86. The second-order valence-electron chi connectivity index (χ2n) is 8.62. The standard InChI is InChI=1S/C26H31NO2/c1-20-18-26(27-19-20,16-17-29-24-9-5-4-8-21(24)2)25(14-6-3-7-15-25)22-10-12-23(28)13-11-22/h4-5,8-13,18-19,28H,3,6-7,14-17H2,1-2H3. The summed E-state index contributed by atoms with van der Waals surface area (Å²) < 4.78 is 6.21. The summed E-state index contributed by atoms with van der Waals surface area (Å²) in [6.07, 6.45) is 11.2. The maximum Gasteiger partial charge on any atom is 0.122 e. The van der Waals surface area contributed by atoms with E-state index in [-0.39, 0.29) is 11.0 Å². The minimum Gasteiger partial charge on any atom is -0.508 e. The fraction of sp³-hybridized carbons (Fsp3) is 0.423. The van der Waals surface area contributed by atoms with Crippen molar-refractivity contribution in [3.05, 3.63) is 71.3 Å². The van der Waals surface area contributed by atoms with Crippen molar-refractivity contribution in [2.24, 2.45) is 4.99 Å². The van der Waals surface area contributed by atoms with Crippen molar-refractivity contribution in [2.75, 3.05) is 6.61 Å². The highest BCUT2D eigenvalue weighted by Gasteiger charge is 2.52. The van der Waals surface area contributed by atoms with Gasteiger partial charge in [0, 0.05) is 18.1 Å². The molecule has 0 bridgehead atoms. The van der Waals surface area contributed by atoms with E-state index >= 15 is 0 Å². The Bertz CT molecular complexity index is 907. The van der Waals surface area contributed by atoms with Crippen LogP contribution in [-0.4, -0.2) is 23.5 Å². The van der Waals surface area contributed by atoms with E-state index in [0.717, 1.165) is 30.6 Å². The topological polar surface area (TPSA) is 41.8 Å². The Balaban J connectivity index is 1.67. The van der Waals surface area contributed by atoms with Gasteiger partial charge < -0.3 is 9.84 Å². The van der Waals surface area contributed by atoms with E-state index in [9.17, 15) is 5.11 Å². The molecule has 4 rings (SSSR count). The molecule has 0 amide bonds. The molecule has 1 atom stereocenters. The molecule has 1 saturated carbocycles. The summed E-state index contributed by atoms with van der Waals surface area (Å²) in [7, 11) is 0.